The van der Waals surface area contributed by atoms with E-state index in [1.54, 1.807) is 0 Å². The summed E-state index contributed by atoms with van der Waals surface area (Å²) in [7, 11) is 0. The summed E-state index contributed by atoms with van der Waals surface area (Å²) >= 11 is 0. The van der Waals surface area contributed by atoms with E-state index in [0.717, 1.165) is 25.7 Å². The smallest absolute Gasteiger partial charge is 0.0540 e. The molecular weight excluding hydrogens is 260 g/mol. The van der Waals surface area contributed by atoms with Crippen molar-refractivity contribution in [1.82, 2.24) is 0 Å². The third-order valence-electron chi connectivity index (χ3n) is 4.30. The van der Waals surface area contributed by atoms with Gasteiger partial charge in [-0.1, -0.05) is 84.0 Å². The van der Waals surface area contributed by atoms with Crippen molar-refractivity contribution in [2.24, 2.45) is 0 Å². The van der Waals surface area contributed by atoms with Gasteiger partial charge < -0.3 is 10.2 Å². The Kier molecular flexibility index (Phi) is 16.2. The maximum atomic E-state index is 9.91. The zero-order chi connectivity index (χ0) is 15.8. The van der Waals surface area contributed by atoms with E-state index in [2.05, 4.69) is 6.92 Å². The summed E-state index contributed by atoms with van der Waals surface area (Å²) < 4.78 is 0. The third kappa shape index (κ3) is 17.9. The van der Waals surface area contributed by atoms with E-state index in [0.29, 0.717) is 0 Å². The van der Waals surface area contributed by atoms with Crippen LogP contribution in [0.2, 0.25) is 0 Å². The first-order valence-corrected chi connectivity index (χ1v) is 9.53. The van der Waals surface area contributed by atoms with E-state index >= 15 is 0 Å². The SMILES string of the molecule is CCCCCCCC(O)CCCCCCCCCC(C)O. The van der Waals surface area contributed by atoms with Gasteiger partial charge in [0.1, 0.15) is 0 Å². The zero-order valence-electron chi connectivity index (χ0n) is 14.7. The number of aliphatic hydroxyl groups is 2. The fraction of sp³-hybridized carbons (Fsp3) is 1.00. The lowest BCUT2D eigenvalue weighted by molar-refractivity contribution is 0.147. The fourth-order valence-electron chi connectivity index (χ4n) is 2.83. The van der Waals surface area contributed by atoms with Gasteiger partial charge in [0.15, 0.2) is 0 Å². The van der Waals surface area contributed by atoms with Gasteiger partial charge in [0.05, 0.1) is 12.2 Å². The van der Waals surface area contributed by atoms with Gasteiger partial charge in [-0.25, -0.2) is 0 Å². The maximum Gasteiger partial charge on any atom is 0.0540 e. The third-order valence-corrected chi connectivity index (χ3v) is 4.30. The van der Waals surface area contributed by atoms with Crippen LogP contribution in [-0.2, 0) is 0 Å². The molecule has 2 nitrogen and oxygen atoms in total. The molecule has 0 aromatic rings. The van der Waals surface area contributed by atoms with Gasteiger partial charge in [-0.05, 0) is 26.2 Å². The minimum Gasteiger partial charge on any atom is -0.393 e. The van der Waals surface area contributed by atoms with Crippen LogP contribution in [-0.4, -0.2) is 22.4 Å². The Morgan fingerprint density at radius 1 is 0.571 bits per heavy atom. The molecule has 0 heterocycles. The molecule has 0 aliphatic carbocycles. The van der Waals surface area contributed by atoms with Crippen molar-refractivity contribution < 1.29 is 10.2 Å². The first-order valence-electron chi connectivity index (χ1n) is 9.53. The van der Waals surface area contributed by atoms with Crippen LogP contribution in [0.4, 0.5) is 0 Å². The molecule has 2 unspecified atom stereocenters. The van der Waals surface area contributed by atoms with E-state index in [9.17, 15) is 5.11 Å². The number of aliphatic hydroxyl groups excluding tert-OH is 2. The molecule has 0 rings (SSSR count). The Bertz CT molecular complexity index is 192. The Balaban J connectivity index is 3.12. The molecule has 0 aliphatic rings. The lowest BCUT2D eigenvalue weighted by Gasteiger charge is -2.10. The van der Waals surface area contributed by atoms with Crippen molar-refractivity contribution in [1.29, 1.82) is 0 Å². The molecule has 0 amide bonds. The first kappa shape index (κ1) is 20.9. The molecule has 0 spiro atoms. The van der Waals surface area contributed by atoms with Gasteiger partial charge in [-0.3, -0.25) is 0 Å². The van der Waals surface area contributed by atoms with Crippen molar-refractivity contribution in [2.45, 2.75) is 122 Å². The lowest BCUT2D eigenvalue weighted by atomic mass is 10.0. The van der Waals surface area contributed by atoms with Gasteiger partial charge in [0, 0.05) is 0 Å². The van der Waals surface area contributed by atoms with Crippen molar-refractivity contribution in [3.05, 3.63) is 0 Å². The zero-order valence-corrected chi connectivity index (χ0v) is 14.7. The van der Waals surface area contributed by atoms with Crippen LogP contribution < -0.4 is 0 Å². The molecule has 128 valence electrons. The van der Waals surface area contributed by atoms with Crippen molar-refractivity contribution in [2.75, 3.05) is 0 Å². The number of hydrogen-bond acceptors (Lipinski definition) is 2. The quantitative estimate of drug-likeness (QED) is 0.364. The predicted molar refractivity (Wildman–Crippen MR) is 92.6 cm³/mol. The van der Waals surface area contributed by atoms with Gasteiger partial charge in [0.2, 0.25) is 0 Å². The van der Waals surface area contributed by atoms with Gasteiger partial charge in [-0.2, -0.15) is 0 Å². The molecule has 0 aliphatic heterocycles. The van der Waals surface area contributed by atoms with Crippen molar-refractivity contribution in [3.63, 3.8) is 0 Å². The van der Waals surface area contributed by atoms with Crippen LogP contribution in [0.1, 0.15) is 110 Å². The van der Waals surface area contributed by atoms with Crippen molar-refractivity contribution in [3.8, 4) is 0 Å². The minimum atomic E-state index is -0.131. The predicted octanol–water partition coefficient (Wildman–Crippen LogP) is 5.60. The summed E-state index contributed by atoms with van der Waals surface area (Å²) in [5.41, 5.74) is 0. The minimum absolute atomic E-state index is 0.0577. The maximum absolute atomic E-state index is 9.91. The van der Waals surface area contributed by atoms with Crippen LogP contribution >= 0.6 is 0 Å². The molecule has 2 N–H and O–H groups in total. The van der Waals surface area contributed by atoms with E-state index in [-0.39, 0.29) is 12.2 Å². The molecule has 2 atom stereocenters. The van der Waals surface area contributed by atoms with Gasteiger partial charge >= 0.3 is 0 Å². The molecule has 0 bridgehead atoms. The van der Waals surface area contributed by atoms with E-state index in [1.165, 1.54) is 70.6 Å². The Morgan fingerprint density at radius 3 is 1.38 bits per heavy atom. The van der Waals surface area contributed by atoms with Crippen LogP contribution in [0.5, 0.6) is 0 Å². The fourth-order valence-corrected chi connectivity index (χ4v) is 2.83. The van der Waals surface area contributed by atoms with Crippen LogP contribution in [0, 0.1) is 0 Å². The average Bonchev–Trinajstić information content (AvgIpc) is 2.45. The van der Waals surface area contributed by atoms with Crippen molar-refractivity contribution >= 4 is 0 Å². The number of hydrogen-bond donors (Lipinski definition) is 2. The lowest BCUT2D eigenvalue weighted by Crippen LogP contribution is -2.05. The molecule has 0 saturated heterocycles. The Morgan fingerprint density at radius 2 is 0.952 bits per heavy atom. The molecule has 0 saturated carbocycles. The second-order valence-electron chi connectivity index (χ2n) is 6.76. The summed E-state index contributed by atoms with van der Waals surface area (Å²) in [6, 6.07) is 0. The highest BCUT2D eigenvalue weighted by Gasteiger charge is 2.03. The highest BCUT2D eigenvalue weighted by Crippen LogP contribution is 2.14. The first-order chi connectivity index (χ1) is 10.2. The summed E-state index contributed by atoms with van der Waals surface area (Å²) in [6.45, 7) is 4.11. The molecular formula is C19H40O2. The van der Waals surface area contributed by atoms with Crippen LogP contribution in [0.25, 0.3) is 0 Å². The summed E-state index contributed by atoms with van der Waals surface area (Å²) in [6.07, 6.45) is 18.0. The highest BCUT2D eigenvalue weighted by molar-refractivity contribution is 4.57. The standard InChI is InChI=1S/C19H40O2/c1-3-4-5-9-13-16-19(21)17-14-11-8-6-7-10-12-15-18(2)20/h18-21H,3-17H2,1-2H3. The average molecular weight is 301 g/mol. The number of rotatable bonds is 16. The van der Waals surface area contributed by atoms with Crippen LogP contribution in [0.3, 0.4) is 0 Å². The van der Waals surface area contributed by atoms with E-state index in [1.807, 2.05) is 6.92 Å². The van der Waals surface area contributed by atoms with Crippen LogP contribution in [0.15, 0.2) is 0 Å². The van der Waals surface area contributed by atoms with E-state index < -0.39 is 0 Å². The highest BCUT2D eigenvalue weighted by atomic mass is 16.3. The second kappa shape index (κ2) is 16.3. The largest absolute Gasteiger partial charge is 0.393 e. The second-order valence-corrected chi connectivity index (χ2v) is 6.76. The van der Waals surface area contributed by atoms with Gasteiger partial charge in [-0.15, -0.1) is 0 Å². The molecule has 2 heteroatoms. The monoisotopic (exact) mass is 300 g/mol. The molecule has 0 radical (unpaired) electrons. The molecule has 0 fully saturated rings. The molecule has 0 aromatic carbocycles. The molecule has 21 heavy (non-hydrogen) atoms. The normalized spacial score (nSPS) is 14.3. The number of unbranched alkanes of at least 4 members (excludes halogenated alkanes) is 10. The van der Waals surface area contributed by atoms with E-state index in [4.69, 9.17) is 5.11 Å². The molecule has 0 aromatic heterocycles. The summed E-state index contributed by atoms with van der Waals surface area (Å²) in [5, 5.41) is 19.1. The van der Waals surface area contributed by atoms with Gasteiger partial charge in [0.25, 0.3) is 0 Å². The summed E-state index contributed by atoms with van der Waals surface area (Å²) in [5.74, 6) is 0. The Hall–Kier alpha value is -0.0800. The topological polar surface area (TPSA) is 40.5 Å². The Labute approximate surface area is 133 Å². The summed E-state index contributed by atoms with van der Waals surface area (Å²) in [4.78, 5) is 0.